The van der Waals surface area contributed by atoms with Gasteiger partial charge in [0.05, 0.1) is 12.5 Å². The van der Waals surface area contributed by atoms with E-state index in [4.69, 9.17) is 9.47 Å². The van der Waals surface area contributed by atoms with Gasteiger partial charge in [-0.05, 0) is 31.1 Å². The summed E-state index contributed by atoms with van der Waals surface area (Å²) < 4.78 is 11.5. The fourth-order valence-electron chi connectivity index (χ4n) is 2.70. The van der Waals surface area contributed by atoms with E-state index in [1.807, 2.05) is 30.0 Å². The molecule has 3 rings (SSSR count). The zero-order valence-corrected chi connectivity index (χ0v) is 12.2. The first-order valence-corrected chi connectivity index (χ1v) is 7.98. The number of carboxylic acid groups (broad SMARTS) is 1. The van der Waals surface area contributed by atoms with Crippen molar-refractivity contribution < 1.29 is 19.4 Å². The highest BCUT2D eigenvalue weighted by molar-refractivity contribution is 7.99. The molecule has 20 heavy (non-hydrogen) atoms. The molecule has 108 valence electrons. The Morgan fingerprint density at radius 1 is 1.45 bits per heavy atom. The van der Waals surface area contributed by atoms with Crippen LogP contribution in [0.15, 0.2) is 18.2 Å². The maximum atomic E-state index is 11.5. The molecule has 1 heterocycles. The largest absolute Gasteiger partial charge is 0.493 e. The van der Waals surface area contributed by atoms with Crippen LogP contribution in [0.2, 0.25) is 0 Å². The highest BCUT2D eigenvalue weighted by atomic mass is 32.2. The van der Waals surface area contributed by atoms with Crippen molar-refractivity contribution in [3.8, 4) is 11.5 Å². The van der Waals surface area contributed by atoms with Crippen LogP contribution in [0.3, 0.4) is 0 Å². The van der Waals surface area contributed by atoms with Crippen LogP contribution in [0.5, 0.6) is 11.5 Å². The molecule has 1 N–H and O–H groups in total. The second kappa shape index (κ2) is 5.20. The third-order valence-corrected chi connectivity index (χ3v) is 5.17. The normalized spacial score (nSPS) is 23.4. The second-order valence-corrected chi connectivity index (χ2v) is 6.48. The van der Waals surface area contributed by atoms with Gasteiger partial charge in [0.25, 0.3) is 0 Å². The molecule has 0 amide bonds. The number of thioether (sulfide) groups is 1. The quantitative estimate of drug-likeness (QED) is 0.905. The molecule has 4 nitrogen and oxygen atoms in total. The maximum Gasteiger partial charge on any atom is 0.314 e. The van der Waals surface area contributed by atoms with Gasteiger partial charge in [0, 0.05) is 11.3 Å². The van der Waals surface area contributed by atoms with Gasteiger partial charge in [-0.1, -0.05) is 12.1 Å². The van der Waals surface area contributed by atoms with Crippen LogP contribution in [-0.4, -0.2) is 35.8 Å². The first kappa shape index (κ1) is 13.6. The summed E-state index contributed by atoms with van der Waals surface area (Å²) in [5.41, 5.74) is -0.0227. The Labute approximate surface area is 122 Å². The fraction of sp³-hybridized carbons (Fsp3) is 0.533. The van der Waals surface area contributed by atoms with Gasteiger partial charge in [0.15, 0.2) is 11.5 Å². The molecule has 0 bridgehead atoms. The molecule has 1 aromatic carbocycles. The van der Waals surface area contributed by atoms with E-state index in [1.165, 1.54) is 0 Å². The van der Waals surface area contributed by atoms with E-state index in [2.05, 4.69) is 0 Å². The summed E-state index contributed by atoms with van der Waals surface area (Å²) in [5.74, 6) is 2.59. The predicted molar refractivity (Wildman–Crippen MR) is 77.9 cm³/mol. The van der Waals surface area contributed by atoms with E-state index in [0.717, 1.165) is 23.5 Å². The molecule has 5 heteroatoms. The monoisotopic (exact) mass is 294 g/mol. The van der Waals surface area contributed by atoms with Crippen LogP contribution in [0.25, 0.3) is 0 Å². The van der Waals surface area contributed by atoms with E-state index in [0.29, 0.717) is 24.3 Å². The molecule has 1 aliphatic heterocycles. The molecular formula is C15H18O4S. The molecule has 2 fully saturated rings. The van der Waals surface area contributed by atoms with Crippen molar-refractivity contribution in [3.63, 3.8) is 0 Å². The van der Waals surface area contributed by atoms with Gasteiger partial charge < -0.3 is 14.6 Å². The molecule has 1 aliphatic carbocycles. The standard InChI is InChI=1S/C15H18O4S/c1-18-13-11(15(6-7-15)14(16)17)3-2-4-12(13)19-10-5-8-20-9-10/h2-4,10H,5-9H2,1H3,(H,16,17). The summed E-state index contributed by atoms with van der Waals surface area (Å²) in [6.45, 7) is 0. The topological polar surface area (TPSA) is 55.8 Å². The minimum atomic E-state index is -0.774. The highest BCUT2D eigenvalue weighted by Gasteiger charge is 2.53. The number of rotatable bonds is 5. The number of methoxy groups -OCH3 is 1. The van der Waals surface area contributed by atoms with E-state index in [1.54, 1.807) is 7.11 Å². The molecule has 1 atom stereocenters. The number of hydrogen-bond donors (Lipinski definition) is 1. The summed E-state index contributed by atoms with van der Waals surface area (Å²) in [7, 11) is 1.58. The zero-order valence-electron chi connectivity index (χ0n) is 11.4. The average Bonchev–Trinajstić information content (AvgIpc) is 3.11. The van der Waals surface area contributed by atoms with Gasteiger partial charge in [-0.25, -0.2) is 0 Å². The molecular weight excluding hydrogens is 276 g/mol. The van der Waals surface area contributed by atoms with Crippen molar-refractivity contribution in [2.24, 2.45) is 0 Å². The zero-order chi connectivity index (χ0) is 14.2. The van der Waals surface area contributed by atoms with Crippen LogP contribution < -0.4 is 9.47 Å². The van der Waals surface area contributed by atoms with Crippen LogP contribution in [-0.2, 0) is 10.2 Å². The number of aliphatic carboxylic acids is 1. The van der Waals surface area contributed by atoms with E-state index >= 15 is 0 Å². The molecule has 2 aliphatic rings. The van der Waals surface area contributed by atoms with Crippen LogP contribution >= 0.6 is 11.8 Å². The van der Waals surface area contributed by atoms with Crippen molar-refractivity contribution in [1.29, 1.82) is 0 Å². The SMILES string of the molecule is COc1c(OC2CCSC2)cccc1C1(C(=O)O)CC1. The summed E-state index contributed by atoms with van der Waals surface area (Å²) in [4.78, 5) is 11.5. The Hall–Kier alpha value is -1.36. The van der Waals surface area contributed by atoms with Crippen molar-refractivity contribution in [3.05, 3.63) is 23.8 Å². The summed E-state index contributed by atoms with van der Waals surface area (Å²) >= 11 is 1.88. The summed E-state index contributed by atoms with van der Waals surface area (Å²) in [6.07, 6.45) is 2.56. The average molecular weight is 294 g/mol. The Bertz CT molecular complexity index is 519. The first-order valence-electron chi connectivity index (χ1n) is 6.82. The lowest BCUT2D eigenvalue weighted by atomic mass is 9.95. The molecule has 0 radical (unpaired) electrons. The molecule has 1 saturated carbocycles. The summed E-state index contributed by atoms with van der Waals surface area (Å²) in [5, 5.41) is 9.45. The Kier molecular flexibility index (Phi) is 3.54. The van der Waals surface area contributed by atoms with Gasteiger partial charge in [0.1, 0.15) is 6.10 Å². The van der Waals surface area contributed by atoms with Crippen molar-refractivity contribution in [2.75, 3.05) is 18.6 Å². The molecule has 1 saturated heterocycles. The minimum absolute atomic E-state index is 0.198. The number of benzene rings is 1. The predicted octanol–water partition coefficient (Wildman–Crippen LogP) is 2.70. The van der Waals surface area contributed by atoms with Crippen molar-refractivity contribution in [1.82, 2.24) is 0 Å². The number of ether oxygens (including phenoxy) is 2. The Morgan fingerprint density at radius 2 is 2.25 bits per heavy atom. The van der Waals surface area contributed by atoms with Gasteiger partial charge in [-0.15, -0.1) is 0 Å². The van der Waals surface area contributed by atoms with Crippen molar-refractivity contribution in [2.45, 2.75) is 30.8 Å². The number of carbonyl (C=O) groups is 1. The lowest BCUT2D eigenvalue weighted by Crippen LogP contribution is -2.21. The lowest BCUT2D eigenvalue weighted by molar-refractivity contribution is -0.140. The summed E-state index contributed by atoms with van der Waals surface area (Å²) in [6, 6.07) is 5.57. The molecule has 1 aromatic rings. The smallest absolute Gasteiger partial charge is 0.314 e. The molecule has 1 unspecified atom stereocenters. The molecule has 0 aromatic heterocycles. The number of para-hydroxylation sites is 1. The second-order valence-electron chi connectivity index (χ2n) is 5.33. The van der Waals surface area contributed by atoms with Gasteiger partial charge in [-0.3, -0.25) is 4.79 Å². The third-order valence-electron chi connectivity index (χ3n) is 4.04. The van der Waals surface area contributed by atoms with Gasteiger partial charge in [-0.2, -0.15) is 11.8 Å². The number of carboxylic acids is 1. The fourth-order valence-corrected chi connectivity index (χ4v) is 3.80. The maximum absolute atomic E-state index is 11.5. The Balaban J connectivity index is 1.93. The van der Waals surface area contributed by atoms with E-state index in [-0.39, 0.29) is 6.10 Å². The highest BCUT2D eigenvalue weighted by Crippen LogP contribution is 2.53. The van der Waals surface area contributed by atoms with Gasteiger partial charge in [0.2, 0.25) is 0 Å². The van der Waals surface area contributed by atoms with E-state index in [9.17, 15) is 9.90 Å². The first-order chi connectivity index (χ1) is 9.67. The van der Waals surface area contributed by atoms with Crippen LogP contribution in [0.1, 0.15) is 24.8 Å². The molecule has 0 spiro atoms. The lowest BCUT2D eigenvalue weighted by Gasteiger charge is -2.20. The minimum Gasteiger partial charge on any atom is -0.493 e. The van der Waals surface area contributed by atoms with E-state index < -0.39 is 11.4 Å². The Morgan fingerprint density at radius 3 is 2.80 bits per heavy atom. The van der Waals surface area contributed by atoms with Gasteiger partial charge >= 0.3 is 5.97 Å². The van der Waals surface area contributed by atoms with Crippen LogP contribution in [0, 0.1) is 0 Å². The van der Waals surface area contributed by atoms with Crippen LogP contribution in [0.4, 0.5) is 0 Å². The van der Waals surface area contributed by atoms with Crippen molar-refractivity contribution >= 4 is 17.7 Å². The third kappa shape index (κ3) is 2.24. The number of hydrogen-bond acceptors (Lipinski definition) is 4.